The second kappa shape index (κ2) is 4.51. The predicted molar refractivity (Wildman–Crippen MR) is 77.5 cm³/mol. The van der Waals surface area contributed by atoms with Gasteiger partial charge in [-0.2, -0.15) is 0 Å². The van der Waals surface area contributed by atoms with E-state index in [-0.39, 0.29) is 0 Å². The quantitative estimate of drug-likeness (QED) is 0.627. The van der Waals surface area contributed by atoms with Crippen LogP contribution in [0.15, 0.2) is 46.3 Å². The molecule has 0 radical (unpaired) electrons. The number of hydrogen-bond acceptors (Lipinski definition) is 4. The number of rotatable bonds is 3. The van der Waals surface area contributed by atoms with E-state index in [4.69, 9.17) is 0 Å². The molecule has 0 aromatic carbocycles. The molecule has 0 aliphatic rings. The molecule has 0 unspecified atom stereocenters. The molecule has 5 heteroatoms. The second-order valence-corrected chi connectivity index (χ2v) is 5.76. The molecule has 0 N–H and O–H groups in total. The lowest BCUT2D eigenvalue weighted by molar-refractivity contribution is 0.951. The third kappa shape index (κ3) is 1.72. The van der Waals surface area contributed by atoms with Gasteiger partial charge >= 0.3 is 0 Å². The maximum Gasteiger partial charge on any atom is 0.135 e. The number of thiophene rings is 2. The van der Waals surface area contributed by atoms with Crippen LogP contribution < -0.4 is 0 Å². The van der Waals surface area contributed by atoms with Gasteiger partial charge in [0.1, 0.15) is 5.69 Å². The lowest BCUT2D eigenvalue weighted by Crippen LogP contribution is -1.92. The Morgan fingerprint density at radius 2 is 1.78 bits per heavy atom. The summed E-state index contributed by atoms with van der Waals surface area (Å²) >= 11 is 3.27. The molecule has 0 spiro atoms. The van der Waals surface area contributed by atoms with Gasteiger partial charge in [-0.3, -0.25) is 0 Å². The molecule has 0 atom stereocenters. The Morgan fingerprint density at radius 1 is 1.11 bits per heavy atom. The SMILES string of the molecule is Cn1c(-c2cccs2)cc(N=O)c1-c1cccs1. The van der Waals surface area contributed by atoms with Crippen LogP contribution in [0.5, 0.6) is 0 Å². The molecule has 3 nitrogen and oxygen atoms in total. The fourth-order valence-corrected chi connectivity index (χ4v) is 3.61. The van der Waals surface area contributed by atoms with Crippen molar-refractivity contribution in [2.24, 2.45) is 12.2 Å². The van der Waals surface area contributed by atoms with Gasteiger partial charge in [-0.05, 0) is 34.1 Å². The van der Waals surface area contributed by atoms with Crippen LogP contribution in [0, 0.1) is 4.91 Å². The van der Waals surface area contributed by atoms with Crippen molar-refractivity contribution >= 4 is 28.4 Å². The minimum Gasteiger partial charge on any atom is -0.340 e. The fraction of sp³-hybridized carbons (Fsp3) is 0.0769. The zero-order valence-electron chi connectivity index (χ0n) is 9.66. The smallest absolute Gasteiger partial charge is 0.135 e. The van der Waals surface area contributed by atoms with E-state index in [2.05, 4.69) is 5.18 Å². The van der Waals surface area contributed by atoms with Crippen molar-refractivity contribution in [3.8, 4) is 21.1 Å². The zero-order chi connectivity index (χ0) is 12.5. The van der Waals surface area contributed by atoms with E-state index in [1.807, 2.05) is 52.7 Å². The van der Waals surface area contributed by atoms with E-state index >= 15 is 0 Å². The van der Waals surface area contributed by atoms with E-state index in [1.165, 1.54) is 0 Å². The van der Waals surface area contributed by atoms with Gasteiger partial charge in [-0.25, -0.2) is 0 Å². The average Bonchev–Trinajstić information content (AvgIpc) is 3.08. The minimum absolute atomic E-state index is 0.503. The topological polar surface area (TPSA) is 34.4 Å². The highest BCUT2D eigenvalue weighted by atomic mass is 32.1. The summed E-state index contributed by atoms with van der Waals surface area (Å²) in [5, 5.41) is 7.19. The summed E-state index contributed by atoms with van der Waals surface area (Å²) in [5.74, 6) is 0. The van der Waals surface area contributed by atoms with E-state index in [0.717, 1.165) is 21.1 Å². The van der Waals surface area contributed by atoms with Crippen LogP contribution in [0.25, 0.3) is 21.1 Å². The van der Waals surface area contributed by atoms with Crippen molar-refractivity contribution in [2.45, 2.75) is 0 Å². The Hall–Kier alpha value is -1.72. The Morgan fingerprint density at radius 3 is 2.33 bits per heavy atom. The van der Waals surface area contributed by atoms with Crippen molar-refractivity contribution in [2.75, 3.05) is 0 Å². The van der Waals surface area contributed by atoms with Crippen LogP contribution in [-0.2, 0) is 7.05 Å². The highest BCUT2D eigenvalue weighted by Gasteiger charge is 2.17. The van der Waals surface area contributed by atoms with Crippen LogP contribution >= 0.6 is 22.7 Å². The highest BCUT2D eigenvalue weighted by Crippen LogP contribution is 2.40. The van der Waals surface area contributed by atoms with Gasteiger partial charge < -0.3 is 4.57 Å². The Balaban J connectivity index is 2.23. The number of nitroso groups, excluding NO2 is 1. The molecule has 0 saturated carbocycles. The van der Waals surface area contributed by atoms with E-state index in [0.29, 0.717) is 5.69 Å². The fourth-order valence-electron chi connectivity index (χ4n) is 2.02. The molecule has 0 fully saturated rings. The average molecular weight is 274 g/mol. The largest absolute Gasteiger partial charge is 0.340 e. The normalized spacial score (nSPS) is 10.7. The summed E-state index contributed by atoms with van der Waals surface area (Å²) in [5.41, 5.74) is 2.43. The summed E-state index contributed by atoms with van der Waals surface area (Å²) in [4.78, 5) is 13.2. The van der Waals surface area contributed by atoms with Crippen molar-refractivity contribution in [1.82, 2.24) is 4.57 Å². The standard InChI is InChI=1S/C13H10N2OS2/c1-15-10(11-4-2-6-17-11)8-9(14-16)13(15)12-5-3-7-18-12/h2-8H,1H3. The van der Waals surface area contributed by atoms with Crippen molar-refractivity contribution < 1.29 is 0 Å². The summed E-state index contributed by atoms with van der Waals surface area (Å²) in [6.07, 6.45) is 0. The van der Waals surface area contributed by atoms with Crippen LogP contribution in [0.1, 0.15) is 0 Å². The third-order valence-electron chi connectivity index (χ3n) is 2.84. The number of hydrogen-bond donors (Lipinski definition) is 0. The molecule has 3 rings (SSSR count). The van der Waals surface area contributed by atoms with Gasteiger partial charge in [-0.1, -0.05) is 12.1 Å². The maximum atomic E-state index is 11.0. The third-order valence-corrected chi connectivity index (χ3v) is 4.61. The molecule has 90 valence electrons. The molecule has 0 aliphatic heterocycles. The summed E-state index contributed by atoms with van der Waals surface area (Å²) in [6.45, 7) is 0. The first-order valence-corrected chi connectivity index (χ1v) is 7.18. The van der Waals surface area contributed by atoms with Crippen LogP contribution in [0.4, 0.5) is 5.69 Å². The maximum absolute atomic E-state index is 11.0. The molecular weight excluding hydrogens is 264 g/mol. The summed E-state index contributed by atoms with van der Waals surface area (Å²) in [7, 11) is 1.97. The molecule has 3 heterocycles. The Bertz CT molecular complexity index is 666. The molecule has 3 aromatic rings. The molecule has 0 amide bonds. The van der Waals surface area contributed by atoms with Crippen LogP contribution in [-0.4, -0.2) is 4.57 Å². The monoisotopic (exact) mass is 274 g/mol. The lowest BCUT2D eigenvalue weighted by atomic mass is 10.3. The van der Waals surface area contributed by atoms with Crippen LogP contribution in [0.3, 0.4) is 0 Å². The van der Waals surface area contributed by atoms with Crippen molar-refractivity contribution in [3.05, 3.63) is 46.0 Å². The first-order valence-electron chi connectivity index (χ1n) is 5.42. The highest BCUT2D eigenvalue weighted by molar-refractivity contribution is 7.14. The molecule has 0 aliphatic carbocycles. The van der Waals surface area contributed by atoms with Crippen molar-refractivity contribution in [1.29, 1.82) is 0 Å². The summed E-state index contributed by atoms with van der Waals surface area (Å²) < 4.78 is 2.04. The molecule has 0 bridgehead atoms. The molecular formula is C13H10N2OS2. The number of nitrogens with zero attached hydrogens (tertiary/aromatic N) is 2. The molecule has 0 saturated heterocycles. The van der Waals surface area contributed by atoms with E-state index < -0.39 is 0 Å². The van der Waals surface area contributed by atoms with Gasteiger partial charge in [0, 0.05) is 7.05 Å². The molecule has 3 aromatic heterocycles. The first-order chi connectivity index (χ1) is 8.81. The van der Waals surface area contributed by atoms with Gasteiger partial charge in [0.25, 0.3) is 0 Å². The van der Waals surface area contributed by atoms with Gasteiger partial charge in [0.15, 0.2) is 0 Å². The molecule has 18 heavy (non-hydrogen) atoms. The zero-order valence-corrected chi connectivity index (χ0v) is 11.3. The van der Waals surface area contributed by atoms with E-state index in [1.54, 1.807) is 22.7 Å². The lowest BCUT2D eigenvalue weighted by Gasteiger charge is -2.04. The predicted octanol–water partition coefficient (Wildman–Crippen LogP) is 4.88. The van der Waals surface area contributed by atoms with Crippen LogP contribution in [0.2, 0.25) is 0 Å². The van der Waals surface area contributed by atoms with Gasteiger partial charge in [0.2, 0.25) is 0 Å². The van der Waals surface area contributed by atoms with Gasteiger partial charge in [0.05, 0.1) is 21.1 Å². The van der Waals surface area contributed by atoms with Gasteiger partial charge in [-0.15, -0.1) is 27.6 Å². The first kappa shape index (κ1) is 11.4. The Labute approximate surface area is 112 Å². The van der Waals surface area contributed by atoms with Crippen molar-refractivity contribution in [3.63, 3.8) is 0 Å². The summed E-state index contributed by atoms with van der Waals surface area (Å²) in [6, 6.07) is 9.89. The number of aromatic nitrogens is 1. The Kier molecular flexibility index (Phi) is 2.85. The second-order valence-electron chi connectivity index (χ2n) is 3.87. The van der Waals surface area contributed by atoms with E-state index in [9.17, 15) is 4.91 Å². The minimum atomic E-state index is 0.503.